The van der Waals surface area contributed by atoms with Crippen LogP contribution in [0.15, 0.2) is 9.59 Å². The van der Waals surface area contributed by atoms with Gasteiger partial charge in [-0.2, -0.15) is 0 Å². The topological polar surface area (TPSA) is 99.1 Å². The van der Waals surface area contributed by atoms with Gasteiger partial charge in [0.2, 0.25) is 0 Å². The van der Waals surface area contributed by atoms with Crippen molar-refractivity contribution >= 4 is 17.1 Å². The van der Waals surface area contributed by atoms with Crippen molar-refractivity contribution in [3.63, 3.8) is 0 Å². The first-order valence-electron chi connectivity index (χ1n) is 7.25. The number of aliphatic carboxylic acids is 1. The maximum Gasteiger partial charge on any atom is 0.332 e. The fourth-order valence-electron chi connectivity index (χ4n) is 2.55. The van der Waals surface area contributed by atoms with Gasteiger partial charge in [-0.3, -0.25) is 18.7 Å². The average Bonchev–Trinajstić information content (AvgIpc) is 2.81. The summed E-state index contributed by atoms with van der Waals surface area (Å²) in [6, 6.07) is -0.139. The molecule has 8 heteroatoms. The van der Waals surface area contributed by atoms with Crippen LogP contribution >= 0.6 is 0 Å². The number of carboxylic acids is 1. The van der Waals surface area contributed by atoms with Crippen LogP contribution < -0.4 is 11.2 Å². The molecule has 120 valence electrons. The molecule has 0 fully saturated rings. The van der Waals surface area contributed by atoms with Crippen LogP contribution in [0.5, 0.6) is 0 Å². The monoisotopic (exact) mass is 308 g/mol. The Bertz CT molecular complexity index is 843. The lowest BCUT2D eigenvalue weighted by Gasteiger charge is -2.14. The Morgan fingerprint density at radius 2 is 1.95 bits per heavy atom. The van der Waals surface area contributed by atoms with Gasteiger partial charge >= 0.3 is 11.7 Å². The maximum atomic E-state index is 12.4. The van der Waals surface area contributed by atoms with E-state index < -0.39 is 17.2 Å². The van der Waals surface area contributed by atoms with Crippen LogP contribution in [0.1, 0.15) is 39.1 Å². The molecule has 0 bridgehead atoms. The summed E-state index contributed by atoms with van der Waals surface area (Å²) in [6.45, 7) is 6.02. The minimum Gasteiger partial charge on any atom is -0.481 e. The van der Waals surface area contributed by atoms with Crippen molar-refractivity contribution in [2.24, 2.45) is 7.05 Å². The summed E-state index contributed by atoms with van der Waals surface area (Å²) in [6.07, 6.45) is 0.404. The summed E-state index contributed by atoms with van der Waals surface area (Å²) in [5, 5.41) is 9.01. The molecule has 2 aromatic heterocycles. The first-order chi connectivity index (χ1) is 10.3. The van der Waals surface area contributed by atoms with Gasteiger partial charge in [0.1, 0.15) is 12.2 Å². The fraction of sp³-hybridized carbons (Fsp3) is 0.571. The Kier molecular flexibility index (Phi) is 4.20. The molecule has 22 heavy (non-hydrogen) atoms. The Labute approximate surface area is 126 Å². The highest BCUT2D eigenvalue weighted by Crippen LogP contribution is 2.17. The van der Waals surface area contributed by atoms with Gasteiger partial charge in [0, 0.05) is 19.6 Å². The molecule has 2 rings (SSSR count). The predicted molar refractivity (Wildman–Crippen MR) is 81.2 cm³/mol. The van der Waals surface area contributed by atoms with Crippen molar-refractivity contribution in [1.29, 1.82) is 0 Å². The van der Waals surface area contributed by atoms with Crippen LogP contribution in [0.4, 0.5) is 0 Å². The van der Waals surface area contributed by atoms with E-state index in [1.54, 1.807) is 4.57 Å². The molecule has 0 spiro atoms. The van der Waals surface area contributed by atoms with Gasteiger partial charge in [-0.05, 0) is 20.3 Å². The third-order valence-corrected chi connectivity index (χ3v) is 3.91. The second-order valence-corrected chi connectivity index (χ2v) is 5.29. The van der Waals surface area contributed by atoms with Gasteiger partial charge in [-0.25, -0.2) is 9.78 Å². The van der Waals surface area contributed by atoms with Gasteiger partial charge in [0.05, 0.1) is 0 Å². The third-order valence-electron chi connectivity index (χ3n) is 3.91. The number of hydrogen-bond donors (Lipinski definition) is 1. The third kappa shape index (κ3) is 2.34. The predicted octanol–water partition coefficient (Wildman–Crippen LogP) is 0.515. The Hall–Kier alpha value is -2.38. The molecule has 2 heterocycles. The largest absolute Gasteiger partial charge is 0.481 e. The van der Waals surface area contributed by atoms with E-state index in [0.717, 1.165) is 4.57 Å². The zero-order valence-electron chi connectivity index (χ0n) is 13.2. The molecular formula is C14H20N4O4. The lowest BCUT2D eigenvalue weighted by atomic mass is 10.2. The van der Waals surface area contributed by atoms with E-state index in [4.69, 9.17) is 5.11 Å². The second kappa shape index (κ2) is 5.78. The van der Waals surface area contributed by atoms with Gasteiger partial charge in [-0.15, -0.1) is 0 Å². The number of fused-ring (bicyclic) bond motifs is 1. The van der Waals surface area contributed by atoms with E-state index in [2.05, 4.69) is 4.98 Å². The Morgan fingerprint density at radius 3 is 2.45 bits per heavy atom. The number of imidazole rings is 1. The van der Waals surface area contributed by atoms with Gasteiger partial charge in [0.15, 0.2) is 11.2 Å². The number of rotatable bonds is 5. The molecule has 2 aromatic rings. The number of nitrogens with zero attached hydrogens (tertiary/aromatic N) is 4. The molecule has 1 atom stereocenters. The van der Waals surface area contributed by atoms with Crippen LogP contribution in [0.25, 0.3) is 11.2 Å². The van der Waals surface area contributed by atoms with Crippen molar-refractivity contribution in [3.05, 3.63) is 26.7 Å². The molecule has 0 aromatic carbocycles. The number of aryl methyl sites for hydroxylation is 1. The highest BCUT2D eigenvalue weighted by Gasteiger charge is 2.22. The minimum absolute atomic E-state index is 0.139. The van der Waals surface area contributed by atoms with E-state index in [-0.39, 0.29) is 29.5 Å². The molecule has 0 aliphatic rings. The average molecular weight is 308 g/mol. The zero-order chi connectivity index (χ0) is 16.6. The Balaban J connectivity index is 2.97. The van der Waals surface area contributed by atoms with Crippen LogP contribution in [0, 0.1) is 0 Å². The minimum atomic E-state index is -1.03. The second-order valence-electron chi connectivity index (χ2n) is 5.29. The molecule has 1 unspecified atom stereocenters. The summed E-state index contributed by atoms with van der Waals surface area (Å²) < 4.78 is 4.09. The van der Waals surface area contributed by atoms with E-state index in [9.17, 15) is 14.4 Å². The van der Waals surface area contributed by atoms with Gasteiger partial charge in [-0.1, -0.05) is 6.92 Å². The van der Waals surface area contributed by atoms with E-state index in [0.29, 0.717) is 13.0 Å². The number of carbonyl (C=O) groups is 1. The highest BCUT2D eigenvalue weighted by molar-refractivity contribution is 5.75. The van der Waals surface area contributed by atoms with E-state index in [1.165, 1.54) is 11.6 Å². The van der Waals surface area contributed by atoms with Crippen molar-refractivity contribution in [1.82, 2.24) is 18.7 Å². The quantitative estimate of drug-likeness (QED) is 0.868. The standard InChI is InChI=1S/C14H20N4O4/c1-5-8(3)18-12-11(13(21)16(4)14(18)22)17(6-2)9(15-12)7-10(19)20/h8H,5-7H2,1-4H3,(H,19,20). The van der Waals surface area contributed by atoms with Crippen LogP contribution in [0.3, 0.4) is 0 Å². The molecule has 0 aliphatic heterocycles. The van der Waals surface area contributed by atoms with Crippen molar-refractivity contribution < 1.29 is 9.90 Å². The molecule has 0 saturated carbocycles. The van der Waals surface area contributed by atoms with Crippen molar-refractivity contribution in [2.45, 2.75) is 46.2 Å². The van der Waals surface area contributed by atoms with E-state index in [1.807, 2.05) is 20.8 Å². The first-order valence-corrected chi connectivity index (χ1v) is 7.25. The highest BCUT2D eigenvalue weighted by atomic mass is 16.4. The number of hydrogen-bond acceptors (Lipinski definition) is 4. The molecule has 0 radical (unpaired) electrons. The summed E-state index contributed by atoms with van der Waals surface area (Å²) in [5.74, 6) is -0.746. The molecular weight excluding hydrogens is 288 g/mol. The number of carboxylic acid groups (broad SMARTS) is 1. The van der Waals surface area contributed by atoms with E-state index >= 15 is 0 Å². The Morgan fingerprint density at radius 1 is 1.32 bits per heavy atom. The lowest BCUT2D eigenvalue weighted by molar-refractivity contribution is -0.136. The van der Waals surface area contributed by atoms with Gasteiger partial charge < -0.3 is 9.67 Å². The fourth-order valence-corrected chi connectivity index (χ4v) is 2.55. The summed E-state index contributed by atoms with van der Waals surface area (Å²) >= 11 is 0. The summed E-state index contributed by atoms with van der Waals surface area (Å²) in [4.78, 5) is 40.1. The summed E-state index contributed by atoms with van der Waals surface area (Å²) in [7, 11) is 1.42. The number of aromatic nitrogens is 4. The molecule has 8 nitrogen and oxygen atoms in total. The maximum absolute atomic E-state index is 12.4. The summed E-state index contributed by atoms with van der Waals surface area (Å²) in [5.41, 5.74) is -0.346. The van der Waals surface area contributed by atoms with Crippen LogP contribution in [-0.4, -0.2) is 29.8 Å². The molecule has 0 aliphatic carbocycles. The first kappa shape index (κ1) is 16.0. The van der Waals surface area contributed by atoms with Crippen LogP contribution in [-0.2, 0) is 24.8 Å². The zero-order valence-corrected chi connectivity index (χ0v) is 13.2. The molecule has 0 amide bonds. The SMILES string of the molecule is CCC(C)n1c(=O)n(C)c(=O)c2c1nc(CC(=O)O)n2CC. The van der Waals surface area contributed by atoms with Crippen molar-refractivity contribution in [3.8, 4) is 0 Å². The molecule has 1 N–H and O–H groups in total. The van der Waals surface area contributed by atoms with Crippen LogP contribution in [0.2, 0.25) is 0 Å². The smallest absolute Gasteiger partial charge is 0.332 e. The lowest BCUT2D eigenvalue weighted by Crippen LogP contribution is -2.39. The molecule has 0 saturated heterocycles. The van der Waals surface area contributed by atoms with Crippen molar-refractivity contribution in [2.75, 3.05) is 0 Å². The normalized spacial score (nSPS) is 12.7. The van der Waals surface area contributed by atoms with Gasteiger partial charge in [0.25, 0.3) is 5.56 Å².